The van der Waals surface area contributed by atoms with Crippen LogP contribution in [0.15, 0.2) is 12.4 Å². The molecule has 2 amide bonds. The molecule has 7 heteroatoms. The minimum atomic E-state index is -0.267. The van der Waals surface area contributed by atoms with Crippen LogP contribution >= 0.6 is 0 Å². The lowest BCUT2D eigenvalue weighted by atomic mass is 10.0. The van der Waals surface area contributed by atoms with Gasteiger partial charge in [0.05, 0.1) is 11.8 Å². The number of likely N-dealkylation sites (tertiary alicyclic amines) is 1. The normalized spacial score (nSPS) is 17.1. The monoisotopic (exact) mass is 279 g/mol. The van der Waals surface area contributed by atoms with Gasteiger partial charge < -0.3 is 16.0 Å². The molecule has 0 saturated carbocycles. The first-order valence-electron chi connectivity index (χ1n) is 6.85. The number of primary amides is 1. The predicted molar refractivity (Wildman–Crippen MR) is 73.9 cm³/mol. The van der Waals surface area contributed by atoms with Gasteiger partial charge in [0.15, 0.2) is 0 Å². The summed E-state index contributed by atoms with van der Waals surface area (Å²) < 4.78 is 1.61. The average molecular weight is 279 g/mol. The highest BCUT2D eigenvalue weighted by Crippen LogP contribution is 2.11. The fraction of sp³-hybridized carbons (Fsp3) is 0.615. The molecule has 0 atom stereocenters. The number of hydrogen-bond donors (Lipinski definition) is 2. The first-order chi connectivity index (χ1) is 9.54. The van der Waals surface area contributed by atoms with E-state index in [0.717, 1.165) is 25.9 Å². The Kier molecular flexibility index (Phi) is 4.73. The third kappa shape index (κ3) is 4.06. The van der Waals surface area contributed by atoms with E-state index in [1.165, 1.54) is 0 Å². The second kappa shape index (κ2) is 6.51. The molecule has 20 heavy (non-hydrogen) atoms. The van der Waals surface area contributed by atoms with Crippen molar-refractivity contribution in [2.24, 2.45) is 12.8 Å². The molecule has 1 aliphatic heterocycles. The van der Waals surface area contributed by atoms with Gasteiger partial charge in [0.25, 0.3) is 5.91 Å². The second-order valence-electron chi connectivity index (χ2n) is 5.21. The summed E-state index contributed by atoms with van der Waals surface area (Å²) >= 11 is 0. The molecular formula is C13H21N5O2. The van der Waals surface area contributed by atoms with Crippen LogP contribution in [0.3, 0.4) is 0 Å². The molecule has 0 unspecified atom stereocenters. The Morgan fingerprint density at radius 2 is 2.15 bits per heavy atom. The van der Waals surface area contributed by atoms with E-state index in [9.17, 15) is 9.59 Å². The van der Waals surface area contributed by atoms with Crippen LogP contribution in [0.5, 0.6) is 0 Å². The van der Waals surface area contributed by atoms with Gasteiger partial charge in [0.2, 0.25) is 5.91 Å². The number of aryl methyl sites for hydroxylation is 1. The van der Waals surface area contributed by atoms with Crippen molar-refractivity contribution in [3.05, 3.63) is 18.0 Å². The summed E-state index contributed by atoms with van der Waals surface area (Å²) in [6.45, 7) is 2.47. The van der Waals surface area contributed by atoms with Crippen LogP contribution in [0.2, 0.25) is 0 Å². The maximum Gasteiger partial charge on any atom is 0.254 e. The highest BCUT2D eigenvalue weighted by Gasteiger charge is 2.21. The maximum atomic E-state index is 12.0. The molecule has 2 heterocycles. The first-order valence-corrected chi connectivity index (χ1v) is 6.85. The summed E-state index contributed by atoms with van der Waals surface area (Å²) in [5.41, 5.74) is 5.73. The van der Waals surface area contributed by atoms with E-state index < -0.39 is 0 Å². The summed E-state index contributed by atoms with van der Waals surface area (Å²) in [4.78, 5) is 24.9. The van der Waals surface area contributed by atoms with Gasteiger partial charge in [0, 0.05) is 45.3 Å². The Balaban J connectivity index is 1.74. The second-order valence-corrected chi connectivity index (χ2v) is 5.21. The maximum absolute atomic E-state index is 12.0. The topological polar surface area (TPSA) is 93.3 Å². The molecule has 0 spiro atoms. The minimum Gasteiger partial charge on any atom is -0.370 e. The zero-order chi connectivity index (χ0) is 14.5. The van der Waals surface area contributed by atoms with E-state index in [1.807, 2.05) is 0 Å². The molecule has 0 aromatic carbocycles. The molecule has 1 fully saturated rings. The number of nitrogens with two attached hydrogens (primary N) is 1. The van der Waals surface area contributed by atoms with Crippen LogP contribution in [0.4, 0.5) is 0 Å². The number of nitrogens with one attached hydrogen (secondary N) is 1. The fourth-order valence-corrected chi connectivity index (χ4v) is 2.38. The molecule has 110 valence electrons. The Morgan fingerprint density at radius 3 is 2.70 bits per heavy atom. The molecule has 2 rings (SSSR count). The molecule has 1 aromatic heterocycles. The lowest BCUT2D eigenvalue weighted by Gasteiger charge is -2.31. The van der Waals surface area contributed by atoms with Gasteiger partial charge >= 0.3 is 0 Å². The summed E-state index contributed by atoms with van der Waals surface area (Å²) in [7, 11) is 1.79. The molecule has 0 bridgehead atoms. The molecule has 0 aliphatic carbocycles. The SMILES string of the molecule is Cn1cc(C(=O)NC2CCN(CCC(N)=O)CC2)cn1. The molecular weight excluding hydrogens is 258 g/mol. The summed E-state index contributed by atoms with van der Waals surface area (Å²) in [6.07, 6.45) is 5.46. The van der Waals surface area contributed by atoms with Crippen molar-refractivity contribution >= 4 is 11.8 Å². The summed E-state index contributed by atoms with van der Waals surface area (Å²) in [5, 5.41) is 7.01. The van der Waals surface area contributed by atoms with Crippen molar-refractivity contribution in [2.75, 3.05) is 19.6 Å². The van der Waals surface area contributed by atoms with Crippen molar-refractivity contribution in [3.63, 3.8) is 0 Å². The number of aromatic nitrogens is 2. The van der Waals surface area contributed by atoms with Gasteiger partial charge in [-0.25, -0.2) is 0 Å². The van der Waals surface area contributed by atoms with Crippen molar-refractivity contribution in [1.29, 1.82) is 0 Å². The number of nitrogens with zero attached hydrogens (tertiary/aromatic N) is 3. The Bertz CT molecular complexity index is 477. The average Bonchev–Trinajstić information content (AvgIpc) is 2.85. The predicted octanol–water partition coefficient (Wildman–Crippen LogP) is -0.510. The van der Waals surface area contributed by atoms with Crippen LogP contribution in [0.1, 0.15) is 29.6 Å². The number of amides is 2. The highest BCUT2D eigenvalue weighted by atomic mass is 16.2. The molecule has 1 aromatic rings. The molecule has 3 N–H and O–H groups in total. The number of hydrogen-bond acceptors (Lipinski definition) is 4. The molecule has 1 aliphatic rings. The highest BCUT2D eigenvalue weighted by molar-refractivity contribution is 5.93. The molecule has 7 nitrogen and oxygen atoms in total. The van der Waals surface area contributed by atoms with Gasteiger partial charge in [-0.15, -0.1) is 0 Å². The molecule has 1 saturated heterocycles. The number of carbonyl (C=O) groups is 2. The zero-order valence-corrected chi connectivity index (χ0v) is 11.7. The Hall–Kier alpha value is -1.89. The lowest BCUT2D eigenvalue weighted by molar-refractivity contribution is -0.118. The van der Waals surface area contributed by atoms with Crippen molar-refractivity contribution < 1.29 is 9.59 Å². The number of carbonyl (C=O) groups excluding carboxylic acids is 2. The van der Waals surface area contributed by atoms with E-state index >= 15 is 0 Å². The third-order valence-electron chi connectivity index (χ3n) is 3.56. The number of piperidine rings is 1. The van der Waals surface area contributed by atoms with Gasteiger partial charge in [-0.05, 0) is 12.8 Å². The zero-order valence-electron chi connectivity index (χ0n) is 11.7. The quantitative estimate of drug-likeness (QED) is 0.759. The van der Waals surface area contributed by atoms with E-state index in [0.29, 0.717) is 18.5 Å². The van der Waals surface area contributed by atoms with E-state index in [2.05, 4.69) is 15.3 Å². The van der Waals surface area contributed by atoms with Gasteiger partial charge in [0.1, 0.15) is 0 Å². The van der Waals surface area contributed by atoms with E-state index in [4.69, 9.17) is 5.73 Å². The van der Waals surface area contributed by atoms with Crippen molar-refractivity contribution in [1.82, 2.24) is 20.0 Å². The number of rotatable bonds is 5. The Labute approximate surface area is 118 Å². The van der Waals surface area contributed by atoms with Gasteiger partial charge in [-0.1, -0.05) is 0 Å². The minimum absolute atomic E-state index is 0.0753. The smallest absolute Gasteiger partial charge is 0.254 e. The van der Waals surface area contributed by atoms with Crippen molar-refractivity contribution in [3.8, 4) is 0 Å². The molecule has 0 radical (unpaired) electrons. The lowest BCUT2D eigenvalue weighted by Crippen LogP contribution is -2.45. The van der Waals surface area contributed by atoms with Crippen LogP contribution in [-0.4, -0.2) is 52.2 Å². The van der Waals surface area contributed by atoms with Crippen LogP contribution in [0.25, 0.3) is 0 Å². The van der Waals surface area contributed by atoms with Gasteiger partial charge in [-0.2, -0.15) is 5.10 Å². The fourth-order valence-electron chi connectivity index (χ4n) is 2.38. The first kappa shape index (κ1) is 14.5. The van der Waals surface area contributed by atoms with Crippen LogP contribution in [-0.2, 0) is 11.8 Å². The standard InChI is InChI=1S/C13H21N5O2/c1-17-9-10(8-15-17)13(20)16-11-2-5-18(6-3-11)7-4-12(14)19/h8-9,11H,2-7H2,1H3,(H2,14,19)(H,16,20). The van der Waals surface area contributed by atoms with E-state index in [1.54, 1.807) is 24.1 Å². The summed E-state index contributed by atoms with van der Waals surface area (Å²) in [5.74, 6) is -0.342. The van der Waals surface area contributed by atoms with Crippen LogP contribution in [0, 0.1) is 0 Å². The third-order valence-corrected chi connectivity index (χ3v) is 3.56. The Morgan fingerprint density at radius 1 is 1.45 bits per heavy atom. The largest absolute Gasteiger partial charge is 0.370 e. The van der Waals surface area contributed by atoms with E-state index in [-0.39, 0.29) is 17.9 Å². The van der Waals surface area contributed by atoms with Crippen LogP contribution < -0.4 is 11.1 Å². The van der Waals surface area contributed by atoms with Crippen molar-refractivity contribution in [2.45, 2.75) is 25.3 Å². The van der Waals surface area contributed by atoms with Gasteiger partial charge in [-0.3, -0.25) is 14.3 Å². The summed E-state index contributed by atoms with van der Waals surface area (Å²) in [6, 6.07) is 0.188.